The van der Waals surface area contributed by atoms with Gasteiger partial charge in [-0.2, -0.15) is 5.10 Å². The summed E-state index contributed by atoms with van der Waals surface area (Å²) < 4.78 is 40.7. The molecule has 1 heterocycles. The summed E-state index contributed by atoms with van der Waals surface area (Å²) in [5.41, 5.74) is 1.50. The van der Waals surface area contributed by atoms with Gasteiger partial charge >= 0.3 is 0 Å². The molecule has 0 spiro atoms. The third-order valence-electron chi connectivity index (χ3n) is 3.80. The van der Waals surface area contributed by atoms with Gasteiger partial charge in [-0.25, -0.2) is 17.1 Å². The highest BCUT2D eigenvalue weighted by atomic mass is 32.2. The van der Waals surface area contributed by atoms with E-state index in [1.165, 1.54) is 24.8 Å². The summed E-state index contributed by atoms with van der Waals surface area (Å²) in [6.07, 6.45) is 0. The lowest BCUT2D eigenvalue weighted by atomic mass is 10.2. The Bertz CT molecular complexity index is 920. The van der Waals surface area contributed by atoms with Crippen molar-refractivity contribution < 1.29 is 17.6 Å². The topological polar surface area (TPSA) is 84.3 Å². The number of halogens is 1. The first-order valence-corrected chi connectivity index (χ1v) is 9.00. The largest absolute Gasteiger partial charge is 0.324 e. The van der Waals surface area contributed by atoms with Crippen LogP contribution in [0.25, 0.3) is 0 Å². The van der Waals surface area contributed by atoms with Crippen molar-refractivity contribution in [3.8, 4) is 0 Å². The van der Waals surface area contributed by atoms with Gasteiger partial charge in [0.25, 0.3) is 0 Å². The number of rotatable bonds is 5. The molecule has 0 aliphatic heterocycles. The third-order valence-corrected chi connectivity index (χ3v) is 5.87. The van der Waals surface area contributed by atoms with Gasteiger partial charge in [-0.05, 0) is 38.5 Å². The normalized spacial score (nSPS) is 11.8. The Morgan fingerprint density at radius 1 is 1.28 bits per heavy atom. The quantitative estimate of drug-likeness (QED) is 0.873. The number of aryl methyl sites for hydroxylation is 2. The van der Waals surface area contributed by atoms with Crippen molar-refractivity contribution in [1.82, 2.24) is 14.1 Å². The second-order valence-electron chi connectivity index (χ2n) is 5.96. The maximum atomic E-state index is 13.5. The average molecular weight is 368 g/mol. The van der Waals surface area contributed by atoms with E-state index in [1.54, 1.807) is 32.9 Å². The lowest BCUT2D eigenvalue weighted by Gasteiger charge is -2.12. The Morgan fingerprint density at radius 2 is 1.92 bits per heavy atom. The molecule has 0 bridgehead atoms. The first-order chi connectivity index (χ1) is 11.5. The molecule has 0 radical (unpaired) electrons. The molecule has 7 nitrogen and oxygen atoms in total. The molecule has 9 heteroatoms. The molecule has 136 valence electrons. The van der Waals surface area contributed by atoms with Gasteiger partial charge in [-0.15, -0.1) is 0 Å². The molecule has 1 N–H and O–H groups in total. The van der Waals surface area contributed by atoms with E-state index in [1.807, 2.05) is 0 Å². The van der Waals surface area contributed by atoms with Crippen LogP contribution in [0.1, 0.15) is 17.0 Å². The van der Waals surface area contributed by atoms with Crippen LogP contribution >= 0.6 is 0 Å². The van der Waals surface area contributed by atoms with E-state index in [0.29, 0.717) is 22.6 Å². The van der Waals surface area contributed by atoms with Crippen LogP contribution in [0.2, 0.25) is 0 Å². The van der Waals surface area contributed by atoms with Crippen LogP contribution in [0.15, 0.2) is 23.1 Å². The van der Waals surface area contributed by atoms with Crippen molar-refractivity contribution in [2.24, 2.45) is 0 Å². The summed E-state index contributed by atoms with van der Waals surface area (Å²) in [6.45, 7) is 4.62. The van der Waals surface area contributed by atoms with Crippen molar-refractivity contribution in [2.75, 3.05) is 19.4 Å². The predicted molar refractivity (Wildman–Crippen MR) is 92.3 cm³/mol. The highest BCUT2D eigenvalue weighted by Gasteiger charge is 2.27. The Hall–Kier alpha value is -2.26. The molecule has 0 fully saturated rings. The van der Waals surface area contributed by atoms with E-state index in [0.717, 1.165) is 4.31 Å². The number of amides is 1. The first-order valence-electron chi connectivity index (χ1n) is 7.56. The van der Waals surface area contributed by atoms with E-state index in [4.69, 9.17) is 0 Å². The fourth-order valence-electron chi connectivity index (χ4n) is 2.40. The van der Waals surface area contributed by atoms with Gasteiger partial charge in [0.15, 0.2) is 0 Å². The lowest BCUT2D eigenvalue weighted by molar-refractivity contribution is -0.116. The molecule has 0 aliphatic rings. The van der Waals surface area contributed by atoms with Crippen molar-refractivity contribution in [1.29, 1.82) is 0 Å². The highest BCUT2D eigenvalue weighted by molar-refractivity contribution is 7.89. The molecular formula is C16H21FN4O3S. The van der Waals surface area contributed by atoms with E-state index in [9.17, 15) is 17.6 Å². The first kappa shape index (κ1) is 19.1. The van der Waals surface area contributed by atoms with Crippen LogP contribution < -0.4 is 5.32 Å². The van der Waals surface area contributed by atoms with Crippen LogP contribution in [-0.4, -0.2) is 42.5 Å². The smallest absolute Gasteiger partial charge is 0.246 e. The Kier molecular flexibility index (Phi) is 5.28. The zero-order valence-electron chi connectivity index (χ0n) is 14.8. The lowest BCUT2D eigenvalue weighted by Crippen LogP contribution is -2.24. The molecule has 0 saturated heterocycles. The number of sulfonamides is 1. The molecule has 0 unspecified atom stereocenters. The van der Waals surface area contributed by atoms with E-state index in [-0.39, 0.29) is 11.4 Å². The Morgan fingerprint density at radius 3 is 2.48 bits per heavy atom. The molecule has 25 heavy (non-hydrogen) atoms. The van der Waals surface area contributed by atoms with Gasteiger partial charge in [0.1, 0.15) is 17.3 Å². The minimum Gasteiger partial charge on any atom is -0.324 e. The standard InChI is InChI=1S/C16H21FN4O3S/c1-10-6-7-13(8-14(10)17)18-15(22)9-21-12(3)16(11(2)19-21)25(23,24)20(4)5/h6-8H,9H2,1-5H3,(H,18,22). The summed E-state index contributed by atoms with van der Waals surface area (Å²) in [4.78, 5) is 12.3. The van der Waals surface area contributed by atoms with Crippen LogP contribution in [0, 0.1) is 26.6 Å². The summed E-state index contributed by atoms with van der Waals surface area (Å²) in [5, 5.41) is 6.72. The molecule has 0 aliphatic carbocycles. The van der Waals surface area contributed by atoms with Crippen molar-refractivity contribution in [3.63, 3.8) is 0 Å². The molecule has 1 aromatic heterocycles. The second kappa shape index (κ2) is 6.93. The summed E-state index contributed by atoms with van der Waals surface area (Å²) in [7, 11) is -0.784. The average Bonchev–Trinajstić information content (AvgIpc) is 2.77. The van der Waals surface area contributed by atoms with E-state index in [2.05, 4.69) is 10.4 Å². The fourth-order valence-corrected chi connectivity index (χ4v) is 3.66. The highest BCUT2D eigenvalue weighted by Crippen LogP contribution is 2.22. The van der Waals surface area contributed by atoms with Crippen LogP contribution in [0.4, 0.5) is 10.1 Å². The molecule has 2 rings (SSSR count). The number of carbonyl (C=O) groups excluding carboxylic acids is 1. The second-order valence-corrected chi connectivity index (χ2v) is 8.05. The number of anilines is 1. The monoisotopic (exact) mass is 368 g/mol. The van der Waals surface area contributed by atoms with Crippen LogP contribution in [-0.2, 0) is 21.4 Å². The Labute approximate surface area is 146 Å². The SMILES string of the molecule is Cc1ccc(NC(=O)Cn2nc(C)c(S(=O)(=O)N(C)C)c2C)cc1F. The van der Waals surface area contributed by atoms with Crippen LogP contribution in [0.5, 0.6) is 0 Å². The van der Waals surface area contributed by atoms with Gasteiger partial charge in [-0.3, -0.25) is 9.48 Å². The third kappa shape index (κ3) is 3.88. The van der Waals surface area contributed by atoms with Crippen molar-refractivity contribution >= 4 is 21.6 Å². The van der Waals surface area contributed by atoms with E-state index >= 15 is 0 Å². The number of hydrogen-bond donors (Lipinski definition) is 1. The fraction of sp³-hybridized carbons (Fsp3) is 0.375. The van der Waals surface area contributed by atoms with E-state index < -0.39 is 21.7 Å². The van der Waals surface area contributed by atoms with Gasteiger partial charge < -0.3 is 5.32 Å². The number of nitrogens with zero attached hydrogens (tertiary/aromatic N) is 3. The number of aromatic nitrogens is 2. The zero-order chi connectivity index (χ0) is 18.9. The maximum Gasteiger partial charge on any atom is 0.246 e. The molecule has 0 atom stereocenters. The molecular weight excluding hydrogens is 347 g/mol. The minimum atomic E-state index is -3.65. The zero-order valence-corrected chi connectivity index (χ0v) is 15.6. The molecule has 2 aromatic rings. The molecule has 0 saturated carbocycles. The number of nitrogens with one attached hydrogen (secondary N) is 1. The minimum absolute atomic E-state index is 0.0895. The van der Waals surface area contributed by atoms with Crippen molar-refractivity contribution in [2.45, 2.75) is 32.2 Å². The van der Waals surface area contributed by atoms with Crippen molar-refractivity contribution in [3.05, 3.63) is 41.0 Å². The summed E-state index contributed by atoms with van der Waals surface area (Å²) >= 11 is 0. The van der Waals surface area contributed by atoms with Crippen LogP contribution in [0.3, 0.4) is 0 Å². The number of carbonyl (C=O) groups is 1. The van der Waals surface area contributed by atoms with Gasteiger partial charge in [0.2, 0.25) is 15.9 Å². The Balaban J connectivity index is 2.23. The summed E-state index contributed by atoms with van der Waals surface area (Å²) in [6, 6.07) is 4.39. The maximum absolute atomic E-state index is 13.5. The number of hydrogen-bond acceptors (Lipinski definition) is 4. The molecule has 1 amide bonds. The number of benzene rings is 1. The van der Waals surface area contributed by atoms with Gasteiger partial charge in [0.05, 0.1) is 11.4 Å². The predicted octanol–water partition coefficient (Wildman–Crippen LogP) is 1.84. The van der Waals surface area contributed by atoms with Gasteiger partial charge in [-0.1, -0.05) is 6.07 Å². The van der Waals surface area contributed by atoms with Gasteiger partial charge in [0, 0.05) is 19.8 Å². The summed E-state index contributed by atoms with van der Waals surface area (Å²) in [5.74, 6) is -0.842. The molecule has 1 aromatic carbocycles.